The Balaban J connectivity index is 1.22. The summed E-state index contributed by atoms with van der Waals surface area (Å²) in [6, 6.07) is 10.8. The molecule has 1 aromatic carbocycles. The fourth-order valence-electron chi connectivity index (χ4n) is 4.16. The highest BCUT2D eigenvalue weighted by Gasteiger charge is 2.25. The van der Waals surface area contributed by atoms with Crippen molar-refractivity contribution in [2.75, 3.05) is 57.3 Å². The first-order chi connectivity index (χ1) is 12.8. The van der Waals surface area contributed by atoms with Crippen molar-refractivity contribution in [3.8, 4) is 0 Å². The van der Waals surface area contributed by atoms with Crippen molar-refractivity contribution in [2.24, 2.45) is 0 Å². The standard InChI is InChI=1S/C20H30N6/c1-17-21-20(23-22-17)18-6-5-9-25(16-18)11-10-24-12-14-26(15-13-24)19-7-3-2-4-8-19/h2-4,7-8,18H,5-6,9-16H2,1H3,(H,21,22,23). The van der Waals surface area contributed by atoms with Gasteiger partial charge in [0.25, 0.3) is 0 Å². The summed E-state index contributed by atoms with van der Waals surface area (Å²) in [7, 11) is 0. The number of aryl methyl sites for hydroxylation is 1. The first-order valence-corrected chi connectivity index (χ1v) is 9.91. The maximum atomic E-state index is 4.55. The first-order valence-electron chi connectivity index (χ1n) is 9.91. The van der Waals surface area contributed by atoms with Crippen molar-refractivity contribution in [3.05, 3.63) is 42.0 Å². The second-order valence-corrected chi connectivity index (χ2v) is 7.58. The molecule has 6 nitrogen and oxygen atoms in total. The summed E-state index contributed by atoms with van der Waals surface area (Å²) in [4.78, 5) is 12.3. The Morgan fingerprint density at radius 2 is 1.77 bits per heavy atom. The van der Waals surface area contributed by atoms with Crippen molar-refractivity contribution in [1.29, 1.82) is 0 Å². The molecular weight excluding hydrogens is 324 g/mol. The molecule has 3 heterocycles. The van der Waals surface area contributed by atoms with Crippen LogP contribution in [0.15, 0.2) is 30.3 Å². The second kappa shape index (κ2) is 8.18. The quantitative estimate of drug-likeness (QED) is 0.891. The lowest BCUT2D eigenvalue weighted by Crippen LogP contribution is -2.49. The molecule has 26 heavy (non-hydrogen) atoms. The van der Waals surface area contributed by atoms with Gasteiger partial charge < -0.3 is 9.80 Å². The summed E-state index contributed by atoms with van der Waals surface area (Å²) in [6.45, 7) is 11.2. The number of nitrogens with zero attached hydrogens (tertiary/aromatic N) is 5. The number of likely N-dealkylation sites (tertiary alicyclic amines) is 1. The fourth-order valence-corrected chi connectivity index (χ4v) is 4.16. The number of hydrogen-bond donors (Lipinski definition) is 1. The number of piperazine rings is 1. The van der Waals surface area contributed by atoms with Crippen LogP contribution >= 0.6 is 0 Å². The SMILES string of the molecule is Cc1nc(C2CCCN(CCN3CCN(c4ccccc4)CC3)C2)n[nH]1. The number of aromatic amines is 1. The molecule has 0 spiro atoms. The summed E-state index contributed by atoms with van der Waals surface area (Å²) in [5.74, 6) is 2.42. The Bertz CT molecular complexity index is 677. The van der Waals surface area contributed by atoms with Crippen molar-refractivity contribution >= 4 is 5.69 Å². The molecule has 0 bridgehead atoms. The average Bonchev–Trinajstić information content (AvgIpc) is 3.14. The van der Waals surface area contributed by atoms with Crippen molar-refractivity contribution < 1.29 is 0 Å². The molecule has 1 N–H and O–H groups in total. The van der Waals surface area contributed by atoms with Crippen molar-refractivity contribution in [1.82, 2.24) is 25.0 Å². The Hall–Kier alpha value is -1.92. The van der Waals surface area contributed by atoms with Crippen LogP contribution in [0.5, 0.6) is 0 Å². The van der Waals surface area contributed by atoms with Gasteiger partial charge >= 0.3 is 0 Å². The molecule has 0 radical (unpaired) electrons. The topological polar surface area (TPSA) is 51.3 Å². The zero-order valence-electron chi connectivity index (χ0n) is 15.8. The summed E-state index contributed by atoms with van der Waals surface area (Å²) in [6.07, 6.45) is 2.46. The van der Waals surface area contributed by atoms with Gasteiger partial charge in [-0.3, -0.25) is 10.00 Å². The van der Waals surface area contributed by atoms with Gasteiger partial charge in [-0.25, -0.2) is 4.98 Å². The third-order valence-corrected chi connectivity index (χ3v) is 5.71. The largest absolute Gasteiger partial charge is 0.369 e. The first kappa shape index (κ1) is 17.5. The van der Waals surface area contributed by atoms with Crippen LogP contribution in [0.4, 0.5) is 5.69 Å². The number of aromatic nitrogens is 3. The van der Waals surface area contributed by atoms with Crippen LogP contribution in [0, 0.1) is 6.92 Å². The van der Waals surface area contributed by atoms with E-state index in [1.54, 1.807) is 0 Å². The molecule has 6 heteroatoms. The van der Waals surface area contributed by atoms with Gasteiger partial charge in [-0.05, 0) is 38.4 Å². The normalized spacial score (nSPS) is 22.7. The second-order valence-electron chi connectivity index (χ2n) is 7.58. The van der Waals surface area contributed by atoms with Crippen molar-refractivity contribution in [2.45, 2.75) is 25.7 Å². The Kier molecular flexibility index (Phi) is 5.51. The van der Waals surface area contributed by atoms with Crippen LogP contribution in [0.2, 0.25) is 0 Å². The monoisotopic (exact) mass is 354 g/mol. The molecule has 4 rings (SSSR count). The number of anilines is 1. The predicted molar refractivity (Wildman–Crippen MR) is 105 cm³/mol. The van der Waals surface area contributed by atoms with E-state index in [2.05, 4.69) is 60.2 Å². The van der Waals surface area contributed by atoms with Crippen LogP contribution in [0.1, 0.15) is 30.4 Å². The highest BCUT2D eigenvalue weighted by molar-refractivity contribution is 5.46. The van der Waals surface area contributed by atoms with E-state index >= 15 is 0 Å². The summed E-state index contributed by atoms with van der Waals surface area (Å²) in [5, 5.41) is 7.37. The number of nitrogens with one attached hydrogen (secondary N) is 1. The van der Waals surface area contributed by atoms with E-state index in [0.717, 1.165) is 50.9 Å². The molecular formula is C20H30N6. The van der Waals surface area contributed by atoms with Gasteiger partial charge in [-0.15, -0.1) is 0 Å². The predicted octanol–water partition coefficient (Wildman–Crippen LogP) is 2.11. The van der Waals surface area contributed by atoms with Gasteiger partial charge in [-0.1, -0.05) is 18.2 Å². The summed E-state index contributed by atoms with van der Waals surface area (Å²) in [5.41, 5.74) is 1.35. The number of para-hydroxylation sites is 1. The van der Waals surface area contributed by atoms with E-state index in [9.17, 15) is 0 Å². The molecule has 0 saturated carbocycles. The molecule has 1 aromatic heterocycles. The third-order valence-electron chi connectivity index (χ3n) is 5.71. The van der Waals surface area contributed by atoms with Gasteiger partial charge in [-0.2, -0.15) is 5.10 Å². The van der Waals surface area contributed by atoms with Gasteiger partial charge in [0, 0.05) is 57.4 Å². The van der Waals surface area contributed by atoms with E-state index in [1.807, 2.05) is 6.92 Å². The highest BCUT2D eigenvalue weighted by Crippen LogP contribution is 2.24. The maximum absolute atomic E-state index is 4.55. The minimum absolute atomic E-state index is 0.489. The molecule has 2 aromatic rings. The van der Waals surface area contributed by atoms with Gasteiger partial charge in [0.1, 0.15) is 5.82 Å². The zero-order chi connectivity index (χ0) is 17.8. The molecule has 1 atom stereocenters. The van der Waals surface area contributed by atoms with E-state index < -0.39 is 0 Å². The lowest BCUT2D eigenvalue weighted by atomic mass is 9.97. The molecule has 2 aliphatic heterocycles. The molecule has 1 unspecified atom stereocenters. The van der Waals surface area contributed by atoms with E-state index in [0.29, 0.717) is 5.92 Å². The van der Waals surface area contributed by atoms with E-state index in [4.69, 9.17) is 0 Å². The smallest absolute Gasteiger partial charge is 0.155 e. The minimum Gasteiger partial charge on any atom is -0.369 e. The summed E-state index contributed by atoms with van der Waals surface area (Å²) < 4.78 is 0. The average molecular weight is 355 g/mol. The van der Waals surface area contributed by atoms with Crippen molar-refractivity contribution in [3.63, 3.8) is 0 Å². The fraction of sp³-hybridized carbons (Fsp3) is 0.600. The lowest BCUT2D eigenvalue weighted by molar-refractivity contribution is 0.164. The summed E-state index contributed by atoms with van der Waals surface area (Å²) >= 11 is 0. The van der Waals surface area contributed by atoms with Crippen LogP contribution in [0.3, 0.4) is 0 Å². The Morgan fingerprint density at radius 1 is 1.00 bits per heavy atom. The molecule has 2 aliphatic rings. The number of H-pyrrole nitrogens is 1. The molecule has 2 saturated heterocycles. The van der Waals surface area contributed by atoms with Gasteiger partial charge in [0.05, 0.1) is 0 Å². The number of piperidine rings is 1. The maximum Gasteiger partial charge on any atom is 0.155 e. The minimum atomic E-state index is 0.489. The van der Waals surface area contributed by atoms with Crippen LogP contribution in [0.25, 0.3) is 0 Å². The van der Waals surface area contributed by atoms with Crippen LogP contribution < -0.4 is 4.90 Å². The van der Waals surface area contributed by atoms with E-state index in [1.165, 1.54) is 31.6 Å². The number of rotatable bonds is 5. The van der Waals surface area contributed by atoms with Crippen LogP contribution in [-0.2, 0) is 0 Å². The molecule has 0 amide bonds. The number of hydrogen-bond acceptors (Lipinski definition) is 5. The molecule has 0 aliphatic carbocycles. The number of benzene rings is 1. The zero-order valence-corrected chi connectivity index (χ0v) is 15.8. The highest BCUT2D eigenvalue weighted by atomic mass is 15.3. The Morgan fingerprint density at radius 3 is 2.50 bits per heavy atom. The Labute approximate surface area is 156 Å². The lowest BCUT2D eigenvalue weighted by Gasteiger charge is -2.38. The van der Waals surface area contributed by atoms with Gasteiger partial charge in [0.2, 0.25) is 0 Å². The third kappa shape index (κ3) is 4.24. The van der Waals surface area contributed by atoms with Crippen LogP contribution in [-0.4, -0.2) is 77.3 Å². The molecule has 140 valence electrons. The molecule has 2 fully saturated rings. The van der Waals surface area contributed by atoms with E-state index in [-0.39, 0.29) is 0 Å². The van der Waals surface area contributed by atoms with Gasteiger partial charge in [0.15, 0.2) is 5.82 Å².